The molecule has 0 aliphatic rings. The largest absolute Gasteiger partial charge is 0.460 e. The summed E-state index contributed by atoms with van der Waals surface area (Å²) in [4.78, 5) is 9.45. The van der Waals surface area contributed by atoms with Crippen molar-refractivity contribution in [1.29, 1.82) is 0 Å². The second kappa shape index (κ2) is 4.84. The maximum absolute atomic E-state index is 12.6. The van der Waals surface area contributed by atoms with E-state index in [2.05, 4.69) is 0 Å². The van der Waals surface area contributed by atoms with Crippen LogP contribution in [0.15, 0.2) is 0 Å². The molecule has 1 nitrogen and oxygen atoms in total. The van der Waals surface area contributed by atoms with Crippen molar-refractivity contribution in [2.75, 3.05) is 0 Å². The Bertz CT molecular complexity index is 445. The Kier molecular flexibility index (Phi) is 4.55. The molecule has 0 saturated heterocycles. The maximum Gasteiger partial charge on any atom is 0.460 e. The lowest BCUT2D eigenvalue weighted by Crippen LogP contribution is -2.70. The van der Waals surface area contributed by atoms with Crippen molar-refractivity contribution in [3.05, 3.63) is 0 Å². The van der Waals surface area contributed by atoms with Gasteiger partial charge < -0.3 is 0 Å². The van der Waals surface area contributed by atoms with Gasteiger partial charge in [-0.15, -0.1) is 0 Å². The van der Waals surface area contributed by atoms with Crippen molar-refractivity contribution >= 4 is 6.04 Å². The van der Waals surface area contributed by atoms with Crippen LogP contribution in [0.3, 0.4) is 0 Å². The third-order valence-corrected chi connectivity index (χ3v) is 2.18. The van der Waals surface area contributed by atoms with Gasteiger partial charge in [0.15, 0.2) is 0 Å². The lowest BCUT2D eigenvalue weighted by Gasteiger charge is -2.38. The summed E-state index contributed by atoms with van der Waals surface area (Å²) in [7, 11) is 0. The summed E-state index contributed by atoms with van der Waals surface area (Å²) >= 11 is 0. The minimum Gasteiger partial charge on any atom is -0.254 e. The van der Waals surface area contributed by atoms with Gasteiger partial charge in [0.2, 0.25) is 0 Å². The molecule has 0 aliphatic carbocycles. The van der Waals surface area contributed by atoms with E-state index in [9.17, 15) is 66.3 Å². The topological polar surface area (TPSA) is 17.1 Å². The molecule has 15 heteroatoms. The van der Waals surface area contributed by atoms with Crippen LogP contribution in [0.25, 0.3) is 0 Å². The quantitative estimate of drug-likeness (QED) is 0.526. The third-order valence-electron chi connectivity index (χ3n) is 2.18. The molecule has 0 fully saturated rings. The number of carbonyl (C=O) groups excluding carboxylic acids is 1. The van der Waals surface area contributed by atoms with E-state index in [4.69, 9.17) is 0 Å². The summed E-state index contributed by atoms with van der Waals surface area (Å²) in [5.74, 6) is -39.4. The smallest absolute Gasteiger partial charge is 0.254 e. The van der Waals surface area contributed by atoms with Gasteiger partial charge in [-0.05, 0) is 0 Å². The molecule has 0 spiro atoms. The third kappa shape index (κ3) is 2.37. The fourth-order valence-electron chi connectivity index (χ4n) is 0.893. The SMILES string of the molecule is O=C(F)C(F)(F)C(F)(F)C(F)(F)C(F)(F)C(F)(F)C(F)(F)F. The zero-order valence-corrected chi connectivity index (χ0v) is 9.20. The molecule has 0 N–H and O–H groups in total. The minimum absolute atomic E-state index is 4.65. The van der Waals surface area contributed by atoms with Crippen LogP contribution in [0.4, 0.5) is 61.5 Å². The molecule has 0 rings (SSSR count). The standard InChI is InChI=1S/C7F14O/c8-1(22)2(9,10)3(11,12)4(13,14)5(15,16)6(17,18)7(19,20)21. The fraction of sp³-hybridized carbons (Fsp3) is 0.857. The summed E-state index contributed by atoms with van der Waals surface area (Å²) in [5.41, 5.74) is 0. The highest BCUT2D eigenvalue weighted by Crippen LogP contribution is 2.60. The van der Waals surface area contributed by atoms with Crippen LogP contribution in [-0.2, 0) is 4.79 Å². The van der Waals surface area contributed by atoms with Gasteiger partial charge in [0, 0.05) is 0 Å². The first-order valence-corrected chi connectivity index (χ1v) is 4.35. The van der Waals surface area contributed by atoms with Gasteiger partial charge in [0.25, 0.3) is 0 Å². The maximum atomic E-state index is 12.6. The van der Waals surface area contributed by atoms with Crippen molar-refractivity contribution in [1.82, 2.24) is 0 Å². The first-order chi connectivity index (χ1) is 9.19. The zero-order chi connectivity index (χ0) is 18.6. The van der Waals surface area contributed by atoms with Crippen molar-refractivity contribution in [3.63, 3.8) is 0 Å². The average molecular weight is 366 g/mol. The van der Waals surface area contributed by atoms with Crippen molar-refractivity contribution in [2.45, 2.75) is 35.8 Å². The molecule has 0 aromatic carbocycles. The summed E-state index contributed by atoms with van der Waals surface area (Å²) < 4.78 is 170. The molecule has 0 amide bonds. The molecule has 0 aromatic heterocycles. The van der Waals surface area contributed by atoms with Crippen LogP contribution in [0.2, 0.25) is 0 Å². The lowest BCUT2D eigenvalue weighted by molar-refractivity contribution is -0.436. The Morgan fingerprint density at radius 3 is 1.00 bits per heavy atom. The first kappa shape index (κ1) is 20.7. The second-order valence-electron chi connectivity index (χ2n) is 3.64. The Hall–Kier alpha value is -1.31. The number of alkyl halides is 13. The van der Waals surface area contributed by atoms with Crippen molar-refractivity contribution in [2.24, 2.45) is 0 Å². The number of hydrogen-bond donors (Lipinski definition) is 0. The summed E-state index contributed by atoms with van der Waals surface area (Å²) in [6, 6.07) is -4.65. The van der Waals surface area contributed by atoms with E-state index in [0.29, 0.717) is 0 Å². The van der Waals surface area contributed by atoms with E-state index in [1.165, 1.54) is 0 Å². The zero-order valence-electron chi connectivity index (χ0n) is 9.20. The Morgan fingerprint density at radius 1 is 0.500 bits per heavy atom. The highest BCUT2D eigenvalue weighted by Gasteiger charge is 2.91. The normalized spacial score (nSPS) is 15.9. The van der Waals surface area contributed by atoms with Gasteiger partial charge in [-0.25, -0.2) is 0 Å². The fourth-order valence-corrected chi connectivity index (χ4v) is 0.893. The van der Waals surface area contributed by atoms with Gasteiger partial charge >= 0.3 is 41.8 Å². The van der Waals surface area contributed by atoms with E-state index in [1.807, 2.05) is 0 Å². The molecule has 132 valence electrons. The number of halogens is 14. The molecule has 0 aliphatic heterocycles. The number of rotatable bonds is 5. The summed E-state index contributed by atoms with van der Waals surface area (Å²) in [5, 5.41) is 0. The molecule has 0 bridgehead atoms. The molecular formula is C7F14O. The van der Waals surface area contributed by atoms with Gasteiger partial charge in [0.05, 0.1) is 0 Å². The van der Waals surface area contributed by atoms with Crippen LogP contribution < -0.4 is 0 Å². The van der Waals surface area contributed by atoms with Crippen LogP contribution in [-0.4, -0.2) is 41.8 Å². The summed E-state index contributed by atoms with van der Waals surface area (Å²) in [6.45, 7) is 0. The molecule has 0 unspecified atom stereocenters. The van der Waals surface area contributed by atoms with E-state index in [1.54, 1.807) is 0 Å². The van der Waals surface area contributed by atoms with Gasteiger partial charge in [-0.3, -0.25) is 4.79 Å². The van der Waals surface area contributed by atoms with Crippen molar-refractivity contribution < 1.29 is 66.3 Å². The van der Waals surface area contributed by atoms with Crippen molar-refractivity contribution in [3.8, 4) is 0 Å². The van der Waals surface area contributed by atoms with Gasteiger partial charge in [-0.1, -0.05) is 0 Å². The summed E-state index contributed by atoms with van der Waals surface area (Å²) in [6.07, 6.45) is -7.55. The van der Waals surface area contributed by atoms with E-state index >= 15 is 0 Å². The van der Waals surface area contributed by atoms with E-state index in [-0.39, 0.29) is 0 Å². The molecule has 0 heterocycles. The molecule has 0 atom stereocenters. The highest BCUT2D eigenvalue weighted by molar-refractivity contribution is 5.78. The molecule has 0 radical (unpaired) electrons. The van der Waals surface area contributed by atoms with E-state index in [0.717, 1.165) is 0 Å². The van der Waals surface area contributed by atoms with Crippen LogP contribution in [0.1, 0.15) is 0 Å². The van der Waals surface area contributed by atoms with Crippen LogP contribution in [0.5, 0.6) is 0 Å². The number of hydrogen-bond acceptors (Lipinski definition) is 1. The molecule has 22 heavy (non-hydrogen) atoms. The van der Waals surface area contributed by atoms with Crippen LogP contribution in [0, 0.1) is 0 Å². The molecular weight excluding hydrogens is 366 g/mol. The predicted molar refractivity (Wildman–Crippen MR) is 36.9 cm³/mol. The Morgan fingerprint density at radius 2 is 0.773 bits per heavy atom. The van der Waals surface area contributed by atoms with Crippen LogP contribution >= 0.6 is 0 Å². The highest BCUT2D eigenvalue weighted by atomic mass is 19.4. The first-order valence-electron chi connectivity index (χ1n) is 4.35. The number of carbonyl (C=O) groups is 1. The lowest BCUT2D eigenvalue weighted by atomic mass is 9.94. The molecule has 0 aromatic rings. The Labute approximate surface area is 109 Å². The predicted octanol–water partition coefficient (Wildman–Crippen LogP) is 4.22. The van der Waals surface area contributed by atoms with Gasteiger partial charge in [0.1, 0.15) is 0 Å². The van der Waals surface area contributed by atoms with Gasteiger partial charge in [-0.2, -0.15) is 61.5 Å². The molecule has 0 saturated carbocycles. The monoisotopic (exact) mass is 366 g/mol. The van der Waals surface area contributed by atoms with E-state index < -0.39 is 41.8 Å². The minimum atomic E-state index is -8.15. The second-order valence-corrected chi connectivity index (χ2v) is 3.64. The Balaban J connectivity index is 6.29. The average Bonchev–Trinajstić information content (AvgIpc) is 2.25.